The van der Waals surface area contributed by atoms with Crippen molar-refractivity contribution in [2.24, 2.45) is 11.7 Å². The number of nitrogens with two attached hydrogens (primary N) is 1. The van der Waals surface area contributed by atoms with E-state index in [1.165, 1.54) is 6.92 Å². The first-order valence-electron chi connectivity index (χ1n) is 3.64. The number of amides is 1. The van der Waals surface area contributed by atoms with Crippen LogP contribution in [-0.4, -0.2) is 29.7 Å². The molecule has 0 fully saturated rings. The summed E-state index contributed by atoms with van der Waals surface area (Å²) in [5.41, 5.74) is 4.86. The Labute approximate surface area is 70.5 Å². The van der Waals surface area contributed by atoms with Crippen LogP contribution in [0.5, 0.6) is 0 Å². The van der Waals surface area contributed by atoms with Gasteiger partial charge in [0.1, 0.15) is 0 Å². The van der Waals surface area contributed by atoms with E-state index in [1.807, 2.05) is 0 Å². The van der Waals surface area contributed by atoms with Crippen LogP contribution in [0.1, 0.15) is 13.8 Å². The highest BCUT2D eigenvalue weighted by Crippen LogP contribution is 2.03. The molecule has 0 spiro atoms. The highest BCUT2D eigenvalue weighted by Gasteiger charge is 2.27. The number of aliphatic hydroxyl groups is 1. The summed E-state index contributed by atoms with van der Waals surface area (Å²) in [7, 11) is 0. The van der Waals surface area contributed by atoms with Crippen molar-refractivity contribution in [1.82, 2.24) is 0 Å². The molecular weight excluding hydrogens is 162 g/mol. The van der Waals surface area contributed by atoms with Crippen molar-refractivity contribution in [3.05, 3.63) is 0 Å². The maximum absolute atomic E-state index is 10.8. The van der Waals surface area contributed by atoms with Gasteiger partial charge in [0.2, 0.25) is 5.91 Å². The standard InChI is InChI=1S/C7H13NO4/c1-3-12-7(11)5(9)4(2)6(8)10/h4-5,9H,3H2,1-2H3,(H2,8,10)/t4-,5-/m1/s1. The lowest BCUT2D eigenvalue weighted by molar-refractivity contribution is -0.157. The van der Waals surface area contributed by atoms with Crippen LogP contribution in [0.3, 0.4) is 0 Å². The summed E-state index contributed by atoms with van der Waals surface area (Å²) in [5, 5.41) is 9.11. The molecule has 0 unspecified atom stereocenters. The van der Waals surface area contributed by atoms with Crippen LogP contribution >= 0.6 is 0 Å². The van der Waals surface area contributed by atoms with E-state index in [9.17, 15) is 9.59 Å². The molecule has 5 nitrogen and oxygen atoms in total. The quantitative estimate of drug-likeness (QED) is 0.538. The molecular formula is C7H13NO4. The Kier molecular flexibility index (Phi) is 4.28. The molecule has 0 radical (unpaired) electrons. The number of esters is 1. The zero-order valence-corrected chi connectivity index (χ0v) is 7.11. The first-order valence-corrected chi connectivity index (χ1v) is 3.64. The van der Waals surface area contributed by atoms with Crippen molar-refractivity contribution in [2.75, 3.05) is 6.61 Å². The zero-order valence-electron chi connectivity index (χ0n) is 7.11. The van der Waals surface area contributed by atoms with E-state index in [2.05, 4.69) is 4.74 Å². The van der Waals surface area contributed by atoms with Crippen LogP contribution in [-0.2, 0) is 14.3 Å². The lowest BCUT2D eigenvalue weighted by Gasteiger charge is -2.13. The van der Waals surface area contributed by atoms with Crippen molar-refractivity contribution in [3.63, 3.8) is 0 Å². The van der Waals surface area contributed by atoms with Gasteiger partial charge in [-0.15, -0.1) is 0 Å². The topological polar surface area (TPSA) is 89.6 Å². The second kappa shape index (κ2) is 4.71. The fourth-order valence-corrected chi connectivity index (χ4v) is 0.587. The highest BCUT2D eigenvalue weighted by molar-refractivity contribution is 5.85. The summed E-state index contributed by atoms with van der Waals surface area (Å²) in [6.45, 7) is 3.14. The smallest absolute Gasteiger partial charge is 0.335 e. The fraction of sp³-hybridized carbons (Fsp3) is 0.714. The van der Waals surface area contributed by atoms with E-state index in [4.69, 9.17) is 10.8 Å². The Morgan fingerprint density at radius 1 is 1.58 bits per heavy atom. The molecule has 0 aliphatic carbocycles. The maximum atomic E-state index is 10.8. The van der Waals surface area contributed by atoms with Crippen LogP contribution in [0.4, 0.5) is 0 Å². The third kappa shape index (κ3) is 2.87. The van der Waals surface area contributed by atoms with Crippen molar-refractivity contribution >= 4 is 11.9 Å². The number of hydrogen-bond donors (Lipinski definition) is 2. The van der Waals surface area contributed by atoms with Gasteiger partial charge in [-0.1, -0.05) is 6.92 Å². The average Bonchev–Trinajstić information content (AvgIpc) is 2.02. The minimum Gasteiger partial charge on any atom is -0.464 e. The summed E-state index contributed by atoms with van der Waals surface area (Å²) >= 11 is 0. The number of hydrogen-bond acceptors (Lipinski definition) is 4. The summed E-state index contributed by atoms with van der Waals surface area (Å²) in [6, 6.07) is 0. The van der Waals surface area contributed by atoms with Gasteiger partial charge in [-0.3, -0.25) is 4.79 Å². The molecule has 0 heterocycles. The Morgan fingerprint density at radius 2 is 2.08 bits per heavy atom. The minimum absolute atomic E-state index is 0.168. The van der Waals surface area contributed by atoms with Gasteiger partial charge < -0.3 is 15.6 Å². The molecule has 0 saturated heterocycles. The maximum Gasteiger partial charge on any atom is 0.335 e. The van der Waals surface area contributed by atoms with Crippen molar-refractivity contribution in [1.29, 1.82) is 0 Å². The normalized spacial score (nSPS) is 14.9. The van der Waals surface area contributed by atoms with Gasteiger partial charge in [-0.2, -0.15) is 0 Å². The number of ether oxygens (including phenoxy) is 1. The van der Waals surface area contributed by atoms with Gasteiger partial charge >= 0.3 is 5.97 Å². The second-order valence-electron chi connectivity index (χ2n) is 2.39. The Balaban J connectivity index is 4.09. The van der Waals surface area contributed by atoms with Crippen molar-refractivity contribution in [2.45, 2.75) is 20.0 Å². The first-order chi connectivity index (χ1) is 5.50. The highest BCUT2D eigenvalue weighted by atomic mass is 16.5. The second-order valence-corrected chi connectivity index (χ2v) is 2.39. The molecule has 0 bridgehead atoms. The average molecular weight is 175 g/mol. The van der Waals surface area contributed by atoms with Crippen molar-refractivity contribution < 1.29 is 19.4 Å². The van der Waals surface area contributed by atoms with E-state index in [0.29, 0.717) is 0 Å². The van der Waals surface area contributed by atoms with Crippen LogP contribution in [0.15, 0.2) is 0 Å². The van der Waals surface area contributed by atoms with Gasteiger partial charge in [0, 0.05) is 0 Å². The fourth-order valence-electron chi connectivity index (χ4n) is 0.587. The molecule has 12 heavy (non-hydrogen) atoms. The Morgan fingerprint density at radius 3 is 2.42 bits per heavy atom. The molecule has 0 aromatic rings. The number of aliphatic hydroxyl groups excluding tert-OH is 1. The largest absolute Gasteiger partial charge is 0.464 e. The SMILES string of the molecule is CCOC(=O)[C@H](O)[C@@H](C)C(N)=O. The van der Waals surface area contributed by atoms with Crippen LogP contribution < -0.4 is 5.73 Å². The molecule has 3 N–H and O–H groups in total. The summed E-state index contributed by atoms with van der Waals surface area (Å²) < 4.78 is 4.48. The Bertz CT molecular complexity index is 180. The molecule has 70 valence electrons. The molecule has 2 atom stereocenters. The molecule has 0 aromatic carbocycles. The van der Waals surface area contributed by atoms with Crippen molar-refractivity contribution in [3.8, 4) is 0 Å². The van der Waals surface area contributed by atoms with E-state index in [0.717, 1.165) is 0 Å². The predicted octanol–water partition coefficient (Wildman–Crippen LogP) is -0.968. The Hall–Kier alpha value is -1.10. The number of carbonyl (C=O) groups is 2. The number of primary amides is 1. The lowest BCUT2D eigenvalue weighted by Crippen LogP contribution is -2.37. The first kappa shape index (κ1) is 10.9. The van der Waals surface area contributed by atoms with Gasteiger partial charge in [0.25, 0.3) is 0 Å². The molecule has 0 aliphatic rings. The third-order valence-electron chi connectivity index (χ3n) is 1.45. The van der Waals surface area contributed by atoms with E-state index in [-0.39, 0.29) is 6.61 Å². The molecule has 1 amide bonds. The number of carbonyl (C=O) groups excluding carboxylic acids is 2. The molecule has 0 rings (SSSR count). The van der Waals surface area contributed by atoms with E-state index in [1.54, 1.807) is 6.92 Å². The summed E-state index contributed by atoms with van der Waals surface area (Å²) in [5.74, 6) is -2.46. The molecule has 0 aliphatic heterocycles. The third-order valence-corrected chi connectivity index (χ3v) is 1.45. The van der Waals surface area contributed by atoms with Gasteiger partial charge in [-0.25, -0.2) is 4.79 Å². The van der Waals surface area contributed by atoms with E-state index >= 15 is 0 Å². The number of rotatable bonds is 4. The molecule has 5 heteroatoms. The summed E-state index contributed by atoms with van der Waals surface area (Å²) in [6.07, 6.45) is -1.46. The zero-order chi connectivity index (χ0) is 9.72. The lowest BCUT2D eigenvalue weighted by atomic mass is 10.1. The van der Waals surface area contributed by atoms with Crippen LogP contribution in [0.25, 0.3) is 0 Å². The molecule has 0 saturated carbocycles. The summed E-state index contributed by atoms with van der Waals surface area (Å²) in [4.78, 5) is 21.3. The minimum atomic E-state index is -1.46. The van der Waals surface area contributed by atoms with E-state index < -0.39 is 23.9 Å². The van der Waals surface area contributed by atoms with Gasteiger partial charge in [0.15, 0.2) is 6.10 Å². The van der Waals surface area contributed by atoms with Crippen LogP contribution in [0, 0.1) is 5.92 Å². The molecule has 0 aromatic heterocycles. The van der Waals surface area contributed by atoms with Crippen LogP contribution in [0.2, 0.25) is 0 Å². The van der Waals surface area contributed by atoms with Gasteiger partial charge in [-0.05, 0) is 6.92 Å². The predicted molar refractivity (Wildman–Crippen MR) is 41.0 cm³/mol. The van der Waals surface area contributed by atoms with Gasteiger partial charge in [0.05, 0.1) is 12.5 Å². The monoisotopic (exact) mass is 175 g/mol.